The zero-order valence-electron chi connectivity index (χ0n) is 13.2. The lowest BCUT2D eigenvalue weighted by Gasteiger charge is -2.14. The van der Waals surface area contributed by atoms with Gasteiger partial charge in [-0.15, -0.1) is 0 Å². The monoisotopic (exact) mass is 320 g/mol. The summed E-state index contributed by atoms with van der Waals surface area (Å²) in [5.41, 5.74) is 2.59. The highest BCUT2D eigenvalue weighted by Crippen LogP contribution is 2.26. The molecule has 2 aromatic carbocycles. The molecule has 0 aliphatic rings. The number of nitrogens with zero attached hydrogens (tertiary/aromatic N) is 1. The number of amides is 1. The van der Waals surface area contributed by atoms with Crippen LogP contribution in [0.1, 0.15) is 18.4 Å². The molecule has 3 rings (SSSR count). The van der Waals surface area contributed by atoms with Gasteiger partial charge in [-0.25, -0.2) is 4.39 Å². The summed E-state index contributed by atoms with van der Waals surface area (Å²) in [5.74, 6) is -1.00. The summed E-state index contributed by atoms with van der Waals surface area (Å²) in [7, 11) is 0. The second-order valence-corrected chi connectivity index (χ2v) is 5.56. The predicted octanol–water partition coefficient (Wildman–Crippen LogP) is 4.63. The lowest BCUT2D eigenvalue weighted by atomic mass is 9.96. The molecule has 0 saturated carbocycles. The van der Waals surface area contributed by atoms with E-state index in [-0.39, 0.29) is 11.7 Å². The fraction of sp³-hybridized carbons (Fsp3) is 0.100. The Hall–Kier alpha value is -3.01. The number of aromatic nitrogens is 1. The quantitative estimate of drug-likeness (QED) is 0.761. The summed E-state index contributed by atoms with van der Waals surface area (Å²) in [6, 6.07) is 17.8. The molecule has 0 fully saturated rings. The first-order valence-electron chi connectivity index (χ1n) is 7.71. The van der Waals surface area contributed by atoms with Crippen LogP contribution in [0.25, 0.3) is 11.1 Å². The van der Waals surface area contributed by atoms with Gasteiger partial charge in [0.25, 0.3) is 0 Å². The Bertz CT molecular complexity index is 835. The average molecular weight is 320 g/mol. The normalized spacial score (nSPS) is 11.8. The van der Waals surface area contributed by atoms with E-state index in [0.717, 1.165) is 5.56 Å². The van der Waals surface area contributed by atoms with E-state index >= 15 is 0 Å². The maximum absolute atomic E-state index is 14.4. The molecule has 3 nitrogen and oxygen atoms in total. The van der Waals surface area contributed by atoms with E-state index in [1.54, 1.807) is 43.6 Å². The van der Waals surface area contributed by atoms with Crippen LogP contribution < -0.4 is 5.32 Å². The topological polar surface area (TPSA) is 42.0 Å². The van der Waals surface area contributed by atoms with Crippen molar-refractivity contribution in [3.05, 3.63) is 84.4 Å². The average Bonchev–Trinajstić information content (AvgIpc) is 2.62. The summed E-state index contributed by atoms with van der Waals surface area (Å²) in [6.45, 7) is 1.75. The number of rotatable bonds is 4. The number of nitrogens with one attached hydrogen (secondary N) is 1. The van der Waals surface area contributed by atoms with Crippen LogP contribution in [0.2, 0.25) is 0 Å². The standard InChI is InChI=1S/C20H17FN2O/c1-14(20(24)23-17-8-5-11-22-13-17)16-9-10-18(19(21)12-16)15-6-3-2-4-7-15/h2-14H,1H3,(H,23,24). The van der Waals surface area contributed by atoms with Gasteiger partial charge in [-0.1, -0.05) is 42.5 Å². The highest BCUT2D eigenvalue weighted by Gasteiger charge is 2.17. The zero-order valence-corrected chi connectivity index (χ0v) is 13.2. The molecular formula is C20H17FN2O. The third-order valence-electron chi connectivity index (χ3n) is 3.90. The van der Waals surface area contributed by atoms with Crippen molar-refractivity contribution >= 4 is 11.6 Å². The molecule has 120 valence electrons. The van der Waals surface area contributed by atoms with Crippen LogP contribution in [0, 0.1) is 5.82 Å². The Morgan fingerprint density at radius 1 is 1.08 bits per heavy atom. The van der Waals surface area contributed by atoms with Gasteiger partial charge in [-0.05, 0) is 36.2 Å². The van der Waals surface area contributed by atoms with E-state index in [2.05, 4.69) is 10.3 Å². The maximum atomic E-state index is 14.4. The van der Waals surface area contributed by atoms with E-state index in [1.165, 1.54) is 6.07 Å². The first-order chi connectivity index (χ1) is 11.6. The first kappa shape index (κ1) is 15.9. The van der Waals surface area contributed by atoms with Crippen LogP contribution in [-0.2, 0) is 4.79 Å². The number of carbonyl (C=O) groups excluding carboxylic acids is 1. The largest absolute Gasteiger partial charge is 0.324 e. The van der Waals surface area contributed by atoms with Crippen molar-refractivity contribution in [1.82, 2.24) is 4.98 Å². The van der Waals surface area contributed by atoms with Crippen molar-refractivity contribution in [3.8, 4) is 11.1 Å². The number of hydrogen-bond donors (Lipinski definition) is 1. The molecule has 1 N–H and O–H groups in total. The molecule has 3 aromatic rings. The molecule has 0 radical (unpaired) electrons. The van der Waals surface area contributed by atoms with Gasteiger partial charge in [0.15, 0.2) is 0 Å². The van der Waals surface area contributed by atoms with Crippen molar-refractivity contribution < 1.29 is 9.18 Å². The fourth-order valence-corrected chi connectivity index (χ4v) is 2.49. The summed E-state index contributed by atoms with van der Waals surface area (Å²) in [5, 5.41) is 2.78. The van der Waals surface area contributed by atoms with Crippen molar-refractivity contribution in [3.63, 3.8) is 0 Å². The lowest BCUT2D eigenvalue weighted by Crippen LogP contribution is -2.19. The first-order valence-corrected chi connectivity index (χ1v) is 7.71. The minimum atomic E-state index is -0.468. The van der Waals surface area contributed by atoms with Crippen molar-refractivity contribution in [2.75, 3.05) is 5.32 Å². The minimum absolute atomic E-state index is 0.199. The molecular weight excluding hydrogens is 303 g/mol. The van der Waals surface area contributed by atoms with E-state index in [0.29, 0.717) is 16.8 Å². The Kier molecular flexibility index (Phi) is 4.66. The SMILES string of the molecule is CC(C(=O)Nc1cccnc1)c1ccc(-c2ccccc2)c(F)c1. The van der Waals surface area contributed by atoms with Gasteiger partial charge in [0.05, 0.1) is 17.8 Å². The van der Waals surface area contributed by atoms with E-state index in [1.807, 2.05) is 30.3 Å². The zero-order chi connectivity index (χ0) is 16.9. The molecule has 1 unspecified atom stereocenters. The Balaban J connectivity index is 1.79. The van der Waals surface area contributed by atoms with Crippen LogP contribution in [-0.4, -0.2) is 10.9 Å². The highest BCUT2D eigenvalue weighted by molar-refractivity contribution is 5.95. The van der Waals surface area contributed by atoms with Crippen LogP contribution in [0.3, 0.4) is 0 Å². The van der Waals surface area contributed by atoms with Crippen LogP contribution in [0.4, 0.5) is 10.1 Å². The van der Waals surface area contributed by atoms with Crippen LogP contribution >= 0.6 is 0 Å². The van der Waals surface area contributed by atoms with Gasteiger partial charge in [-0.2, -0.15) is 0 Å². The summed E-state index contributed by atoms with van der Waals surface area (Å²) in [6.07, 6.45) is 3.21. The smallest absolute Gasteiger partial charge is 0.231 e. The number of hydrogen-bond acceptors (Lipinski definition) is 2. The lowest BCUT2D eigenvalue weighted by molar-refractivity contribution is -0.117. The Morgan fingerprint density at radius 3 is 2.54 bits per heavy atom. The van der Waals surface area contributed by atoms with Gasteiger partial charge in [0.1, 0.15) is 5.82 Å². The van der Waals surface area contributed by atoms with Crippen LogP contribution in [0.5, 0.6) is 0 Å². The Labute approximate surface area is 140 Å². The molecule has 0 aliphatic carbocycles. The van der Waals surface area contributed by atoms with E-state index in [4.69, 9.17) is 0 Å². The summed E-state index contributed by atoms with van der Waals surface area (Å²) >= 11 is 0. The maximum Gasteiger partial charge on any atom is 0.231 e. The molecule has 1 aromatic heterocycles. The molecule has 0 aliphatic heterocycles. The van der Waals surface area contributed by atoms with E-state index in [9.17, 15) is 9.18 Å². The van der Waals surface area contributed by atoms with Crippen LogP contribution in [0.15, 0.2) is 73.1 Å². The molecule has 1 amide bonds. The van der Waals surface area contributed by atoms with Gasteiger partial charge in [-0.3, -0.25) is 9.78 Å². The third-order valence-corrected chi connectivity index (χ3v) is 3.90. The van der Waals surface area contributed by atoms with Gasteiger partial charge < -0.3 is 5.32 Å². The van der Waals surface area contributed by atoms with Gasteiger partial charge in [0, 0.05) is 11.8 Å². The van der Waals surface area contributed by atoms with Crippen molar-refractivity contribution in [1.29, 1.82) is 0 Å². The van der Waals surface area contributed by atoms with Crippen molar-refractivity contribution in [2.24, 2.45) is 0 Å². The second kappa shape index (κ2) is 7.04. The molecule has 24 heavy (non-hydrogen) atoms. The van der Waals surface area contributed by atoms with Gasteiger partial charge in [0.2, 0.25) is 5.91 Å². The van der Waals surface area contributed by atoms with E-state index < -0.39 is 5.92 Å². The summed E-state index contributed by atoms with van der Waals surface area (Å²) < 4.78 is 14.4. The number of halogens is 1. The molecule has 1 atom stereocenters. The van der Waals surface area contributed by atoms with Crippen molar-refractivity contribution in [2.45, 2.75) is 12.8 Å². The fourth-order valence-electron chi connectivity index (χ4n) is 2.49. The number of benzene rings is 2. The molecule has 1 heterocycles. The molecule has 0 spiro atoms. The molecule has 0 bridgehead atoms. The predicted molar refractivity (Wildman–Crippen MR) is 93.1 cm³/mol. The third kappa shape index (κ3) is 3.49. The second-order valence-electron chi connectivity index (χ2n) is 5.56. The molecule has 4 heteroatoms. The number of carbonyl (C=O) groups is 1. The highest BCUT2D eigenvalue weighted by atomic mass is 19.1. The Morgan fingerprint density at radius 2 is 1.88 bits per heavy atom. The molecule has 0 saturated heterocycles. The van der Waals surface area contributed by atoms with Gasteiger partial charge >= 0.3 is 0 Å². The number of pyridine rings is 1. The number of anilines is 1. The minimum Gasteiger partial charge on any atom is -0.324 e. The summed E-state index contributed by atoms with van der Waals surface area (Å²) in [4.78, 5) is 16.3.